The summed E-state index contributed by atoms with van der Waals surface area (Å²) in [6.07, 6.45) is 0. The Balaban J connectivity index is 2.11. The van der Waals surface area contributed by atoms with E-state index in [2.05, 4.69) is 76.6 Å². The van der Waals surface area contributed by atoms with Crippen LogP contribution in [0.2, 0.25) is 5.02 Å². The maximum Gasteiger partial charge on any atom is 0.0505 e. The summed E-state index contributed by atoms with van der Waals surface area (Å²) >= 11 is 12.3. The number of hydrogen-bond acceptors (Lipinski definition) is 1. The van der Waals surface area contributed by atoms with Crippen molar-refractivity contribution in [1.82, 2.24) is 0 Å². The molecule has 4 aromatic carbocycles. The van der Waals surface area contributed by atoms with E-state index < -0.39 is 0 Å². The first-order chi connectivity index (χ1) is 11.2. The van der Waals surface area contributed by atoms with E-state index in [1.807, 2.05) is 11.3 Å². The van der Waals surface area contributed by atoms with Crippen molar-refractivity contribution < 1.29 is 0 Å². The largest absolute Gasteiger partial charge is 0.133 e. The topological polar surface area (TPSA) is 0 Å². The Bertz CT molecular complexity index is 1240. The van der Waals surface area contributed by atoms with Gasteiger partial charge in [0.25, 0.3) is 0 Å². The molecule has 23 heavy (non-hydrogen) atoms. The van der Waals surface area contributed by atoms with E-state index in [0.29, 0.717) is 0 Å². The highest BCUT2D eigenvalue weighted by molar-refractivity contribution is 9.11. The first-order valence-corrected chi connectivity index (χ1v) is 9.33. The third kappa shape index (κ3) is 1.89. The maximum absolute atomic E-state index is 6.65. The zero-order valence-corrected chi connectivity index (χ0v) is 15.1. The van der Waals surface area contributed by atoms with E-state index in [1.165, 1.54) is 36.3 Å². The molecule has 0 fully saturated rings. The van der Waals surface area contributed by atoms with Crippen molar-refractivity contribution >= 4 is 80.6 Å². The first kappa shape index (κ1) is 13.8. The van der Waals surface area contributed by atoms with Gasteiger partial charge >= 0.3 is 0 Å². The van der Waals surface area contributed by atoms with Crippen molar-refractivity contribution in [3.63, 3.8) is 0 Å². The molecule has 0 spiro atoms. The lowest BCUT2D eigenvalue weighted by Gasteiger charge is -2.04. The average molecular weight is 398 g/mol. The lowest BCUT2D eigenvalue weighted by Crippen LogP contribution is -1.77. The van der Waals surface area contributed by atoms with Crippen LogP contribution in [0.25, 0.3) is 41.7 Å². The van der Waals surface area contributed by atoms with Crippen LogP contribution in [0.3, 0.4) is 0 Å². The monoisotopic (exact) mass is 396 g/mol. The summed E-state index contributed by atoms with van der Waals surface area (Å²) in [5.41, 5.74) is 0. The third-order valence-corrected chi connectivity index (χ3v) is 7.01. The Kier molecular flexibility index (Phi) is 2.96. The minimum atomic E-state index is 0.826. The fourth-order valence-electron chi connectivity index (χ4n) is 3.31. The molecule has 5 aromatic rings. The molecule has 0 bridgehead atoms. The van der Waals surface area contributed by atoms with Crippen molar-refractivity contribution in [2.45, 2.75) is 0 Å². The molecule has 0 saturated carbocycles. The van der Waals surface area contributed by atoms with Gasteiger partial charge in [-0.05, 0) is 49.6 Å². The fourth-order valence-corrected chi connectivity index (χ4v) is 5.79. The van der Waals surface area contributed by atoms with E-state index in [1.54, 1.807) is 0 Å². The van der Waals surface area contributed by atoms with Crippen LogP contribution in [0, 0.1) is 0 Å². The Hall–Kier alpha value is -1.61. The molecule has 0 amide bonds. The van der Waals surface area contributed by atoms with Crippen LogP contribution in [-0.4, -0.2) is 0 Å². The summed E-state index contributed by atoms with van der Waals surface area (Å²) in [7, 11) is 0. The smallest absolute Gasteiger partial charge is 0.0505 e. The van der Waals surface area contributed by atoms with E-state index in [0.717, 1.165) is 14.9 Å². The SMILES string of the molecule is Clc1cc2ccccc2c2sc3c(Br)c4ccccc4cc3c12. The number of halogens is 2. The van der Waals surface area contributed by atoms with E-state index in [4.69, 9.17) is 11.6 Å². The van der Waals surface area contributed by atoms with Crippen molar-refractivity contribution in [1.29, 1.82) is 0 Å². The molecule has 0 aliphatic carbocycles. The zero-order valence-electron chi connectivity index (χ0n) is 11.9. The minimum Gasteiger partial charge on any atom is -0.133 e. The van der Waals surface area contributed by atoms with Crippen LogP contribution in [0.1, 0.15) is 0 Å². The molecule has 0 saturated heterocycles. The molecule has 0 radical (unpaired) electrons. The zero-order chi connectivity index (χ0) is 15.6. The van der Waals surface area contributed by atoms with Gasteiger partial charge in [0.2, 0.25) is 0 Å². The lowest BCUT2D eigenvalue weighted by molar-refractivity contribution is 1.79. The molecule has 0 aliphatic rings. The lowest BCUT2D eigenvalue weighted by atomic mass is 10.0. The summed E-state index contributed by atoms with van der Waals surface area (Å²) in [5, 5.41) is 8.15. The minimum absolute atomic E-state index is 0.826. The van der Waals surface area contributed by atoms with E-state index in [-0.39, 0.29) is 0 Å². The van der Waals surface area contributed by atoms with Gasteiger partial charge in [-0.2, -0.15) is 0 Å². The second-order valence-electron chi connectivity index (χ2n) is 5.67. The third-order valence-electron chi connectivity index (χ3n) is 4.37. The second-order valence-corrected chi connectivity index (χ2v) is 7.89. The molecule has 0 nitrogen and oxygen atoms in total. The second kappa shape index (κ2) is 4.94. The molecule has 0 N–H and O–H groups in total. The molecule has 5 rings (SSSR count). The average Bonchev–Trinajstić information content (AvgIpc) is 2.96. The van der Waals surface area contributed by atoms with Crippen LogP contribution < -0.4 is 0 Å². The van der Waals surface area contributed by atoms with Gasteiger partial charge in [0.05, 0.1) is 9.72 Å². The number of benzene rings is 4. The van der Waals surface area contributed by atoms with Gasteiger partial charge in [0.1, 0.15) is 0 Å². The molecule has 3 heteroatoms. The first-order valence-electron chi connectivity index (χ1n) is 7.35. The molecule has 1 heterocycles. The standard InChI is InChI=1S/C20H10BrClS/c21-18-13-7-3-1-5-11(13)9-15-17-16(22)10-12-6-2-4-8-14(12)19(17)23-20(15)18/h1-10H. The summed E-state index contributed by atoms with van der Waals surface area (Å²) in [6.45, 7) is 0. The fraction of sp³-hybridized carbons (Fsp3) is 0. The number of thiophene rings is 1. The van der Waals surface area contributed by atoms with Crippen molar-refractivity contribution in [2.24, 2.45) is 0 Å². The van der Waals surface area contributed by atoms with Gasteiger partial charge in [-0.25, -0.2) is 0 Å². The predicted octanol–water partition coefficient (Wildman–Crippen LogP) is 7.78. The highest BCUT2D eigenvalue weighted by atomic mass is 79.9. The maximum atomic E-state index is 6.65. The Morgan fingerprint density at radius 3 is 2.17 bits per heavy atom. The number of rotatable bonds is 0. The van der Waals surface area contributed by atoms with Crippen molar-refractivity contribution in [3.8, 4) is 0 Å². The Morgan fingerprint density at radius 1 is 0.739 bits per heavy atom. The van der Waals surface area contributed by atoms with Crippen LogP contribution in [-0.2, 0) is 0 Å². The number of hydrogen-bond donors (Lipinski definition) is 0. The van der Waals surface area contributed by atoms with E-state index in [9.17, 15) is 0 Å². The van der Waals surface area contributed by atoms with Gasteiger partial charge in [-0.15, -0.1) is 11.3 Å². The summed E-state index contributed by atoms with van der Waals surface area (Å²) in [4.78, 5) is 0. The van der Waals surface area contributed by atoms with Gasteiger partial charge in [-0.1, -0.05) is 60.1 Å². The predicted molar refractivity (Wildman–Crippen MR) is 107 cm³/mol. The van der Waals surface area contributed by atoms with Gasteiger partial charge in [0, 0.05) is 19.9 Å². The van der Waals surface area contributed by atoms with Crippen LogP contribution in [0.4, 0.5) is 0 Å². The summed E-state index contributed by atoms with van der Waals surface area (Å²) < 4.78 is 3.68. The molecular weight excluding hydrogens is 388 g/mol. The van der Waals surface area contributed by atoms with Crippen molar-refractivity contribution in [2.75, 3.05) is 0 Å². The van der Waals surface area contributed by atoms with Crippen LogP contribution in [0.15, 0.2) is 65.1 Å². The van der Waals surface area contributed by atoms with Gasteiger partial charge in [0.15, 0.2) is 0 Å². The summed E-state index contributed by atoms with van der Waals surface area (Å²) in [6, 6.07) is 21.2. The molecule has 0 aliphatic heterocycles. The van der Waals surface area contributed by atoms with Crippen molar-refractivity contribution in [3.05, 3.63) is 70.2 Å². The van der Waals surface area contributed by atoms with E-state index >= 15 is 0 Å². The molecule has 0 atom stereocenters. The van der Waals surface area contributed by atoms with Gasteiger partial charge < -0.3 is 0 Å². The summed E-state index contributed by atoms with van der Waals surface area (Å²) in [5.74, 6) is 0. The molecular formula is C20H10BrClS. The highest BCUT2D eigenvalue weighted by Gasteiger charge is 2.15. The Labute approximate surface area is 150 Å². The van der Waals surface area contributed by atoms with Gasteiger partial charge in [-0.3, -0.25) is 0 Å². The quantitative estimate of drug-likeness (QED) is 0.250. The Morgan fingerprint density at radius 2 is 1.39 bits per heavy atom. The highest BCUT2D eigenvalue weighted by Crippen LogP contribution is 2.46. The molecule has 0 unspecified atom stereocenters. The number of fused-ring (bicyclic) bond motifs is 6. The molecule has 1 aromatic heterocycles. The normalized spacial score (nSPS) is 11.9. The van der Waals surface area contributed by atoms with Crippen LogP contribution in [0.5, 0.6) is 0 Å². The molecule has 110 valence electrons. The van der Waals surface area contributed by atoms with Crippen LogP contribution >= 0.6 is 38.9 Å².